The molecule has 10 unspecified atom stereocenters. The van der Waals surface area contributed by atoms with Gasteiger partial charge in [-0.3, -0.25) is 4.79 Å². The van der Waals surface area contributed by atoms with Gasteiger partial charge in [-0.15, -0.1) is 0 Å². The number of hydrogen-bond acceptors (Lipinski definition) is 12. The maximum atomic E-state index is 13.4. The number of aliphatic hydroxyl groups is 2. The number of piperidine rings is 1. The van der Waals surface area contributed by atoms with E-state index in [-0.39, 0.29) is 77.6 Å². The van der Waals surface area contributed by atoms with E-state index in [1.807, 2.05) is 12.1 Å². The lowest BCUT2D eigenvalue weighted by Crippen LogP contribution is -2.73. The van der Waals surface area contributed by atoms with Gasteiger partial charge in [0.2, 0.25) is 5.75 Å². The first-order chi connectivity index (χ1) is 29.4. The van der Waals surface area contributed by atoms with Crippen LogP contribution in [0, 0.1) is 34.0 Å². The number of phenolic OH excluding ortho intramolecular Hbond substituents is 2. The van der Waals surface area contributed by atoms with Gasteiger partial charge in [0, 0.05) is 36.6 Å². The lowest BCUT2D eigenvalue weighted by Gasteiger charge is -2.70. The molecule has 6 aliphatic rings. The molecule has 3 aliphatic carbocycles. The van der Waals surface area contributed by atoms with Gasteiger partial charge in [0.05, 0.1) is 44.8 Å². The molecule has 3 aliphatic heterocycles. The molecule has 9 N–H and O–H groups in total. The van der Waals surface area contributed by atoms with E-state index in [0.29, 0.717) is 55.3 Å². The van der Waals surface area contributed by atoms with Crippen LogP contribution in [-0.2, 0) is 16.0 Å². The Morgan fingerprint density at radius 1 is 1.00 bits per heavy atom. The Hall–Kier alpha value is -4.17. The number of nitrogens with two attached hydrogens (primary N) is 1. The molecule has 334 valence electrons. The molecule has 2 aromatic carbocycles. The molecule has 2 spiro atoms. The van der Waals surface area contributed by atoms with Gasteiger partial charge in [0.1, 0.15) is 6.61 Å². The summed E-state index contributed by atoms with van der Waals surface area (Å²) in [6.45, 7) is 2.77. The summed E-state index contributed by atoms with van der Waals surface area (Å²) in [6.07, 6.45) is 14.1. The van der Waals surface area contributed by atoms with Crippen LogP contribution in [0.5, 0.6) is 28.7 Å². The highest BCUT2D eigenvalue weighted by molar-refractivity contribution is 5.69. The highest BCUT2D eigenvalue weighted by Crippen LogP contribution is 2.77. The first kappa shape index (κ1) is 43.5. The van der Waals surface area contributed by atoms with Crippen molar-refractivity contribution in [2.24, 2.45) is 39.7 Å². The van der Waals surface area contributed by atoms with Gasteiger partial charge in [0.25, 0.3) is 0 Å². The zero-order chi connectivity index (χ0) is 43.1. The maximum Gasteiger partial charge on any atom is 0.304 e. The number of hydrogen-bond donors (Lipinski definition) is 8. The molecule has 10 atom stereocenters. The van der Waals surface area contributed by atoms with Crippen LogP contribution in [0.1, 0.15) is 108 Å². The largest absolute Gasteiger partial charge is 0.504 e. The van der Waals surface area contributed by atoms with Crippen LogP contribution in [0.25, 0.3) is 0 Å². The number of nitrogens with one attached hydrogen (secondary N) is 2. The predicted octanol–water partition coefficient (Wildman–Crippen LogP) is 6.22. The Morgan fingerprint density at radius 3 is 2.49 bits per heavy atom. The third-order valence-electron chi connectivity index (χ3n) is 16.1. The van der Waals surface area contributed by atoms with Crippen molar-refractivity contribution in [2.75, 3.05) is 34.0 Å². The fourth-order valence-corrected chi connectivity index (χ4v) is 13.9. The van der Waals surface area contributed by atoms with Crippen molar-refractivity contribution >= 4 is 5.97 Å². The van der Waals surface area contributed by atoms with Crippen molar-refractivity contribution in [3.05, 3.63) is 65.0 Å². The van der Waals surface area contributed by atoms with E-state index in [0.717, 1.165) is 43.2 Å². The Morgan fingerprint density at radius 2 is 1.77 bits per heavy atom. The summed E-state index contributed by atoms with van der Waals surface area (Å²) in [7, 11) is 2.99. The minimum atomic E-state index is -0.821. The van der Waals surface area contributed by atoms with Gasteiger partial charge >= 0.3 is 5.97 Å². The minimum absolute atomic E-state index is 0.0131. The Balaban J connectivity index is 1.14. The molecule has 0 aromatic heterocycles. The van der Waals surface area contributed by atoms with Crippen LogP contribution >= 0.6 is 0 Å². The zero-order valence-electron chi connectivity index (χ0n) is 36.0. The molecular formula is C48H67N3O10. The molecule has 13 nitrogen and oxygen atoms in total. The summed E-state index contributed by atoms with van der Waals surface area (Å²) in [5, 5.41) is 61.6. The fourth-order valence-electron chi connectivity index (χ4n) is 13.9. The van der Waals surface area contributed by atoms with E-state index in [9.17, 15) is 30.3 Å². The highest BCUT2D eigenvalue weighted by atomic mass is 16.5. The number of ether oxygens (including phenoxy) is 4. The van der Waals surface area contributed by atoms with E-state index >= 15 is 0 Å². The summed E-state index contributed by atoms with van der Waals surface area (Å²) < 4.78 is 24.6. The lowest BCUT2D eigenvalue weighted by atomic mass is 9.36. The van der Waals surface area contributed by atoms with Crippen LogP contribution in [0.4, 0.5) is 0 Å². The molecule has 61 heavy (non-hydrogen) atoms. The average molecular weight is 846 g/mol. The van der Waals surface area contributed by atoms with E-state index in [1.165, 1.54) is 39.9 Å². The summed E-state index contributed by atoms with van der Waals surface area (Å²) >= 11 is 0. The van der Waals surface area contributed by atoms with E-state index in [2.05, 4.69) is 23.6 Å². The summed E-state index contributed by atoms with van der Waals surface area (Å²) in [4.78, 5) is 13.4. The number of aliphatic carboxylic acids is 1. The maximum absolute atomic E-state index is 13.4. The number of carboxylic acid groups (broad SMARTS) is 1. The van der Waals surface area contributed by atoms with Crippen molar-refractivity contribution in [3.8, 4) is 28.7 Å². The second-order valence-electron chi connectivity index (χ2n) is 19.1. The monoisotopic (exact) mass is 845 g/mol. The van der Waals surface area contributed by atoms with Crippen LogP contribution in [-0.4, -0.2) is 89.8 Å². The third kappa shape index (κ3) is 7.82. The molecule has 3 saturated carbocycles. The van der Waals surface area contributed by atoms with Crippen molar-refractivity contribution in [1.82, 2.24) is 10.6 Å². The second-order valence-corrected chi connectivity index (χ2v) is 19.1. The number of phenols is 2. The summed E-state index contributed by atoms with van der Waals surface area (Å²) in [5.41, 5.74) is 8.38. The normalized spacial score (nSPS) is 34.1. The van der Waals surface area contributed by atoms with E-state index in [4.69, 9.17) is 24.7 Å². The number of aliphatic hydroxyl groups excluding tert-OH is 2. The number of carbonyl (C=O) groups is 1. The van der Waals surface area contributed by atoms with Crippen LogP contribution in [0.15, 0.2) is 53.9 Å². The number of aryl methyl sites for hydroxylation is 1. The van der Waals surface area contributed by atoms with E-state index in [1.54, 1.807) is 24.3 Å². The number of carboxylic acids is 1. The molecule has 8 rings (SSSR count). The number of fused-ring (bicyclic) bond motifs is 1. The van der Waals surface area contributed by atoms with E-state index < -0.39 is 29.5 Å². The van der Waals surface area contributed by atoms with Crippen molar-refractivity contribution in [2.45, 2.75) is 127 Å². The Kier molecular flexibility index (Phi) is 12.5. The first-order valence-electron chi connectivity index (χ1n) is 22.6. The molecule has 5 fully saturated rings. The van der Waals surface area contributed by atoms with Crippen molar-refractivity contribution < 1.29 is 49.3 Å². The number of methoxy groups -OCH3 is 2. The van der Waals surface area contributed by atoms with Crippen LogP contribution in [0.2, 0.25) is 0 Å². The van der Waals surface area contributed by atoms with Crippen LogP contribution < -0.4 is 30.6 Å². The molecule has 0 bridgehead atoms. The third-order valence-corrected chi connectivity index (χ3v) is 16.1. The number of dihydropyridines is 1. The average Bonchev–Trinajstić information content (AvgIpc) is 3.90. The predicted molar refractivity (Wildman–Crippen MR) is 229 cm³/mol. The SMILES string of the molecule is COc1cc(CCC2CC(O)C(CCO)C(c3cc(OC)c(O)c(OCC4NC(C)CC56CCCC5C5(CCCC5)CC(C5=CCNC(N)=C5)C46CC(=O)O)c3)O2)ccc1O. The molecule has 2 saturated heterocycles. The summed E-state index contributed by atoms with van der Waals surface area (Å²) in [5.74, 6) is 0.311. The van der Waals surface area contributed by atoms with Gasteiger partial charge < -0.3 is 60.8 Å². The lowest BCUT2D eigenvalue weighted by molar-refractivity contribution is -0.203. The summed E-state index contributed by atoms with van der Waals surface area (Å²) in [6, 6.07) is 8.43. The van der Waals surface area contributed by atoms with Gasteiger partial charge in [0.15, 0.2) is 23.0 Å². The molecule has 13 heteroatoms. The topological polar surface area (TPSA) is 205 Å². The zero-order valence-corrected chi connectivity index (χ0v) is 36.0. The standard InChI is InChI=1S/C48H67N3O10/c1-28-24-47-16-6-7-40(47)46(14-4-5-15-46)25-34(30-12-17-50-42(49)22-30)48(47,26-43(55)56)41(51-28)27-60-39-21-31(20-38(59-3)44(39)57)45-33(13-18-52)36(54)23-32(61-45)10-8-29-9-11-35(53)37(19-29)58-2/h9,11-12,19-22,28,32-34,36,40-41,45,50-54,57H,4-8,10,13-18,23-27,49H2,1-3H3,(H,55,56). The number of rotatable bonds is 14. The number of benzene rings is 2. The van der Waals surface area contributed by atoms with Gasteiger partial charge in [-0.25, -0.2) is 0 Å². The fraction of sp³-hybridized carbons (Fsp3) is 0.646. The van der Waals surface area contributed by atoms with Crippen LogP contribution in [0.3, 0.4) is 0 Å². The first-order valence-corrected chi connectivity index (χ1v) is 22.6. The highest BCUT2D eigenvalue weighted by Gasteiger charge is 2.73. The van der Waals surface area contributed by atoms with Gasteiger partial charge in [-0.2, -0.15) is 0 Å². The molecule has 0 amide bonds. The molecule has 3 heterocycles. The smallest absolute Gasteiger partial charge is 0.304 e. The van der Waals surface area contributed by atoms with Crippen molar-refractivity contribution in [1.29, 1.82) is 0 Å². The molecule has 0 radical (unpaired) electrons. The Bertz CT molecular complexity index is 1980. The minimum Gasteiger partial charge on any atom is -0.504 e. The number of allylic oxidation sites excluding steroid dienone is 2. The molecule has 2 aromatic rings. The quantitative estimate of drug-likeness (QED) is 0.106. The Labute approximate surface area is 359 Å². The van der Waals surface area contributed by atoms with Gasteiger partial charge in [-0.05, 0) is 141 Å². The number of aromatic hydroxyl groups is 2. The van der Waals surface area contributed by atoms with Crippen molar-refractivity contribution in [3.63, 3.8) is 0 Å². The second kappa shape index (κ2) is 17.5. The molecular weight excluding hydrogens is 779 g/mol. The van der Waals surface area contributed by atoms with Gasteiger partial charge in [-0.1, -0.05) is 31.4 Å².